The van der Waals surface area contributed by atoms with E-state index in [0.717, 1.165) is 25.1 Å². The van der Waals surface area contributed by atoms with E-state index in [1.807, 2.05) is 35.1 Å². The molecule has 1 atom stereocenters. The first kappa shape index (κ1) is 13.6. The summed E-state index contributed by atoms with van der Waals surface area (Å²) in [7, 11) is 0. The van der Waals surface area contributed by atoms with E-state index in [2.05, 4.69) is 18.1 Å². The van der Waals surface area contributed by atoms with Gasteiger partial charge in [-0.25, -0.2) is 0 Å². The summed E-state index contributed by atoms with van der Waals surface area (Å²) in [6.45, 7) is 3.47. The second-order valence-corrected chi connectivity index (χ2v) is 4.60. The normalized spacial score (nSPS) is 12.3. The Hall–Kier alpha value is -1.81. The molecule has 0 amide bonds. The standard InChI is InChI=1S/C15H21N3O/c1-2-14(16)12-13-6-3-4-7-15(13)19-11-10-18-9-5-8-17-18/h3-9,14H,2,10-12,16H2,1H3. The van der Waals surface area contributed by atoms with Crippen LogP contribution in [0, 0.1) is 0 Å². The molecular formula is C15H21N3O. The quantitative estimate of drug-likeness (QED) is 0.829. The highest BCUT2D eigenvalue weighted by Gasteiger charge is 2.07. The molecule has 0 saturated heterocycles. The van der Waals surface area contributed by atoms with Gasteiger partial charge >= 0.3 is 0 Å². The van der Waals surface area contributed by atoms with Gasteiger partial charge in [-0.15, -0.1) is 0 Å². The van der Waals surface area contributed by atoms with Gasteiger partial charge in [-0.1, -0.05) is 25.1 Å². The summed E-state index contributed by atoms with van der Waals surface area (Å²) in [6.07, 6.45) is 5.53. The number of benzene rings is 1. The minimum atomic E-state index is 0.191. The highest BCUT2D eigenvalue weighted by molar-refractivity contribution is 5.33. The van der Waals surface area contributed by atoms with Gasteiger partial charge in [0.05, 0.1) is 6.54 Å². The molecule has 0 saturated carbocycles. The molecule has 0 spiro atoms. The van der Waals surface area contributed by atoms with E-state index in [-0.39, 0.29) is 6.04 Å². The van der Waals surface area contributed by atoms with Crippen LogP contribution in [0.1, 0.15) is 18.9 Å². The zero-order valence-corrected chi connectivity index (χ0v) is 11.3. The molecule has 0 aliphatic heterocycles. The van der Waals surface area contributed by atoms with Crippen molar-refractivity contribution < 1.29 is 4.74 Å². The number of aromatic nitrogens is 2. The fraction of sp³-hybridized carbons (Fsp3) is 0.400. The minimum absolute atomic E-state index is 0.191. The number of rotatable bonds is 7. The van der Waals surface area contributed by atoms with Gasteiger partial charge < -0.3 is 10.5 Å². The van der Waals surface area contributed by atoms with Gasteiger partial charge in [0.1, 0.15) is 12.4 Å². The van der Waals surface area contributed by atoms with E-state index in [4.69, 9.17) is 10.5 Å². The third-order valence-corrected chi connectivity index (χ3v) is 3.12. The Balaban J connectivity index is 1.91. The first-order valence-electron chi connectivity index (χ1n) is 6.73. The van der Waals surface area contributed by atoms with Crippen molar-refractivity contribution in [3.05, 3.63) is 48.3 Å². The van der Waals surface area contributed by atoms with E-state index < -0.39 is 0 Å². The Morgan fingerprint density at radius 1 is 1.32 bits per heavy atom. The van der Waals surface area contributed by atoms with Crippen molar-refractivity contribution >= 4 is 0 Å². The molecule has 4 nitrogen and oxygen atoms in total. The summed E-state index contributed by atoms with van der Waals surface area (Å²) in [5.41, 5.74) is 7.19. The Kier molecular flexibility index (Phi) is 4.98. The third kappa shape index (κ3) is 4.10. The van der Waals surface area contributed by atoms with Crippen molar-refractivity contribution in [3.63, 3.8) is 0 Å². The molecule has 0 fully saturated rings. The van der Waals surface area contributed by atoms with Crippen molar-refractivity contribution in [1.29, 1.82) is 0 Å². The van der Waals surface area contributed by atoms with E-state index in [1.54, 1.807) is 6.20 Å². The number of hydrogen-bond donors (Lipinski definition) is 1. The van der Waals surface area contributed by atoms with Gasteiger partial charge in [0, 0.05) is 18.4 Å². The van der Waals surface area contributed by atoms with Crippen molar-refractivity contribution in [2.45, 2.75) is 32.4 Å². The van der Waals surface area contributed by atoms with Gasteiger partial charge in [-0.05, 0) is 30.5 Å². The summed E-state index contributed by atoms with van der Waals surface area (Å²) >= 11 is 0. The van der Waals surface area contributed by atoms with Gasteiger partial charge in [0.2, 0.25) is 0 Å². The van der Waals surface area contributed by atoms with Crippen LogP contribution in [0.4, 0.5) is 0 Å². The number of hydrogen-bond acceptors (Lipinski definition) is 3. The topological polar surface area (TPSA) is 53.1 Å². The molecule has 2 aromatic rings. The molecule has 4 heteroatoms. The Morgan fingerprint density at radius 3 is 2.89 bits per heavy atom. The molecule has 2 rings (SSSR count). The average Bonchev–Trinajstić information content (AvgIpc) is 2.94. The maximum Gasteiger partial charge on any atom is 0.122 e. The van der Waals surface area contributed by atoms with Gasteiger partial charge in [-0.2, -0.15) is 5.10 Å². The van der Waals surface area contributed by atoms with Crippen LogP contribution in [0.2, 0.25) is 0 Å². The molecule has 0 aliphatic rings. The number of ether oxygens (including phenoxy) is 1. The molecule has 1 aromatic heterocycles. The summed E-state index contributed by atoms with van der Waals surface area (Å²) in [6, 6.07) is 10.2. The van der Waals surface area contributed by atoms with Crippen LogP contribution >= 0.6 is 0 Å². The smallest absolute Gasteiger partial charge is 0.122 e. The van der Waals surface area contributed by atoms with Crippen molar-refractivity contribution in [2.75, 3.05) is 6.61 Å². The van der Waals surface area contributed by atoms with Crippen LogP contribution in [0.25, 0.3) is 0 Å². The zero-order valence-electron chi connectivity index (χ0n) is 11.3. The van der Waals surface area contributed by atoms with E-state index >= 15 is 0 Å². The molecule has 1 unspecified atom stereocenters. The predicted octanol–water partition coefficient (Wildman–Crippen LogP) is 2.24. The SMILES string of the molecule is CCC(N)Cc1ccccc1OCCn1cccn1. The van der Waals surface area contributed by atoms with E-state index in [1.165, 1.54) is 5.56 Å². The lowest BCUT2D eigenvalue weighted by Gasteiger charge is -2.14. The molecule has 0 radical (unpaired) electrons. The van der Waals surface area contributed by atoms with Crippen molar-refractivity contribution in [2.24, 2.45) is 5.73 Å². The van der Waals surface area contributed by atoms with Crippen LogP contribution in [0.3, 0.4) is 0 Å². The minimum Gasteiger partial charge on any atom is -0.491 e. The third-order valence-electron chi connectivity index (χ3n) is 3.12. The Labute approximate surface area is 114 Å². The summed E-state index contributed by atoms with van der Waals surface area (Å²) < 4.78 is 7.70. The first-order chi connectivity index (χ1) is 9.29. The van der Waals surface area contributed by atoms with Crippen LogP contribution < -0.4 is 10.5 Å². The summed E-state index contributed by atoms with van der Waals surface area (Å²) in [4.78, 5) is 0. The van der Waals surface area contributed by atoms with E-state index in [0.29, 0.717) is 6.61 Å². The van der Waals surface area contributed by atoms with Gasteiger partial charge in [0.25, 0.3) is 0 Å². The average molecular weight is 259 g/mol. The molecule has 1 aromatic carbocycles. The molecular weight excluding hydrogens is 238 g/mol. The molecule has 2 N–H and O–H groups in total. The Bertz CT molecular complexity index is 482. The monoisotopic (exact) mass is 259 g/mol. The maximum absolute atomic E-state index is 6.01. The van der Waals surface area contributed by atoms with Crippen molar-refractivity contribution in [3.8, 4) is 5.75 Å². The molecule has 1 heterocycles. The van der Waals surface area contributed by atoms with Gasteiger partial charge in [0.15, 0.2) is 0 Å². The van der Waals surface area contributed by atoms with Crippen LogP contribution in [-0.2, 0) is 13.0 Å². The van der Waals surface area contributed by atoms with Gasteiger partial charge in [-0.3, -0.25) is 4.68 Å². The number of para-hydroxylation sites is 1. The van der Waals surface area contributed by atoms with Crippen LogP contribution in [0.5, 0.6) is 5.75 Å². The molecule has 0 bridgehead atoms. The lowest BCUT2D eigenvalue weighted by Crippen LogP contribution is -2.22. The fourth-order valence-electron chi connectivity index (χ4n) is 1.92. The summed E-state index contributed by atoms with van der Waals surface area (Å²) in [5.74, 6) is 0.929. The highest BCUT2D eigenvalue weighted by atomic mass is 16.5. The van der Waals surface area contributed by atoms with Crippen LogP contribution in [0.15, 0.2) is 42.7 Å². The largest absolute Gasteiger partial charge is 0.491 e. The summed E-state index contributed by atoms with van der Waals surface area (Å²) in [5, 5.41) is 4.15. The highest BCUT2D eigenvalue weighted by Crippen LogP contribution is 2.19. The first-order valence-corrected chi connectivity index (χ1v) is 6.73. The molecule has 19 heavy (non-hydrogen) atoms. The van der Waals surface area contributed by atoms with Crippen LogP contribution in [-0.4, -0.2) is 22.4 Å². The lowest BCUT2D eigenvalue weighted by molar-refractivity contribution is 0.288. The van der Waals surface area contributed by atoms with E-state index in [9.17, 15) is 0 Å². The predicted molar refractivity (Wildman–Crippen MR) is 76.1 cm³/mol. The Morgan fingerprint density at radius 2 is 2.16 bits per heavy atom. The number of nitrogens with zero attached hydrogens (tertiary/aromatic N) is 2. The second kappa shape index (κ2) is 6.95. The molecule has 102 valence electrons. The zero-order chi connectivity index (χ0) is 13.5. The second-order valence-electron chi connectivity index (χ2n) is 4.60. The number of nitrogens with two attached hydrogens (primary N) is 1. The van der Waals surface area contributed by atoms with Crippen molar-refractivity contribution in [1.82, 2.24) is 9.78 Å². The maximum atomic E-state index is 6.01. The molecule has 0 aliphatic carbocycles. The fourth-order valence-corrected chi connectivity index (χ4v) is 1.92. The lowest BCUT2D eigenvalue weighted by atomic mass is 10.0.